The standard InChI is InChI=1S/C32H35F7N4O3S/c1-19-12-23(33)8-9-24(19)25-16-27(42-10-11-43(47(7,45)46)29(2,3)18-42)40-17-26(25)41(6)28(44)30(4,5)20-13-21(31(34,35)36)15-22(14-20)32(37,38)39/h8-9,12-17H,10-11,18H2,1-7H3. The molecule has 7 nitrogen and oxygen atoms in total. The van der Waals surface area contributed by atoms with Crippen molar-refractivity contribution < 1.29 is 43.9 Å². The van der Waals surface area contributed by atoms with Crippen LogP contribution < -0.4 is 9.80 Å². The number of likely N-dealkylation sites (N-methyl/N-ethyl adjacent to an activating group) is 1. The molecule has 256 valence electrons. The number of piperazine rings is 1. The Kier molecular flexibility index (Phi) is 9.27. The molecule has 1 amide bonds. The topological polar surface area (TPSA) is 73.8 Å². The highest BCUT2D eigenvalue weighted by Crippen LogP contribution is 2.41. The number of nitrogens with zero attached hydrogens (tertiary/aromatic N) is 4. The Balaban J connectivity index is 1.82. The van der Waals surface area contributed by atoms with Gasteiger partial charge in [0.1, 0.15) is 11.6 Å². The number of halogens is 7. The number of carbonyl (C=O) groups is 1. The zero-order chi connectivity index (χ0) is 35.5. The summed E-state index contributed by atoms with van der Waals surface area (Å²) in [6, 6.07) is 6.70. The number of amides is 1. The van der Waals surface area contributed by atoms with Crippen LogP contribution in [0.2, 0.25) is 0 Å². The molecule has 1 aromatic heterocycles. The van der Waals surface area contributed by atoms with Crippen molar-refractivity contribution in [3.63, 3.8) is 0 Å². The maximum atomic E-state index is 14.1. The van der Waals surface area contributed by atoms with Crippen molar-refractivity contribution in [2.75, 3.05) is 42.7 Å². The number of sulfonamides is 1. The van der Waals surface area contributed by atoms with Gasteiger partial charge in [-0.05, 0) is 87.7 Å². The molecule has 1 fully saturated rings. The third-order valence-corrected chi connectivity index (χ3v) is 9.88. The van der Waals surface area contributed by atoms with Gasteiger partial charge in [-0.3, -0.25) is 4.79 Å². The number of benzene rings is 2. The molecule has 0 radical (unpaired) electrons. The molecule has 1 aliphatic heterocycles. The highest BCUT2D eigenvalue weighted by Gasteiger charge is 2.42. The minimum absolute atomic E-state index is 0.00284. The average Bonchev–Trinajstić information content (AvgIpc) is 2.93. The Hall–Kier alpha value is -3.72. The fourth-order valence-electron chi connectivity index (χ4n) is 5.94. The molecule has 47 heavy (non-hydrogen) atoms. The highest BCUT2D eigenvalue weighted by molar-refractivity contribution is 7.88. The summed E-state index contributed by atoms with van der Waals surface area (Å²) < 4.78 is 122. The number of pyridine rings is 1. The van der Waals surface area contributed by atoms with Crippen LogP contribution in [0.3, 0.4) is 0 Å². The van der Waals surface area contributed by atoms with Crippen molar-refractivity contribution in [3.05, 3.63) is 76.7 Å². The summed E-state index contributed by atoms with van der Waals surface area (Å²) >= 11 is 0. The molecule has 2 aromatic carbocycles. The molecule has 1 aliphatic rings. The minimum atomic E-state index is -5.10. The zero-order valence-electron chi connectivity index (χ0n) is 26.8. The molecule has 4 rings (SSSR count). The van der Waals surface area contributed by atoms with Gasteiger partial charge in [-0.15, -0.1) is 0 Å². The number of hydrogen-bond acceptors (Lipinski definition) is 5. The fraction of sp³-hybridized carbons (Fsp3) is 0.438. The number of aromatic nitrogens is 1. The van der Waals surface area contributed by atoms with Crippen molar-refractivity contribution in [2.45, 2.75) is 57.9 Å². The van der Waals surface area contributed by atoms with Gasteiger partial charge < -0.3 is 9.80 Å². The number of hydrogen-bond donors (Lipinski definition) is 0. The van der Waals surface area contributed by atoms with E-state index in [1.807, 2.05) is 4.90 Å². The van der Waals surface area contributed by atoms with Gasteiger partial charge in [0.2, 0.25) is 15.9 Å². The fourth-order valence-corrected chi connectivity index (χ4v) is 7.31. The van der Waals surface area contributed by atoms with Gasteiger partial charge >= 0.3 is 12.4 Å². The Morgan fingerprint density at radius 3 is 1.94 bits per heavy atom. The van der Waals surface area contributed by atoms with Gasteiger partial charge in [-0.25, -0.2) is 17.8 Å². The van der Waals surface area contributed by atoms with E-state index in [-0.39, 0.29) is 31.4 Å². The zero-order valence-corrected chi connectivity index (χ0v) is 27.6. The molecule has 0 atom stereocenters. The first kappa shape index (κ1) is 36.1. The van der Waals surface area contributed by atoms with Crippen LogP contribution in [0, 0.1) is 12.7 Å². The smallest absolute Gasteiger partial charge is 0.353 e. The molecular weight excluding hydrogens is 653 g/mol. The van der Waals surface area contributed by atoms with Gasteiger partial charge in [0.05, 0.1) is 34.7 Å². The van der Waals surface area contributed by atoms with E-state index in [4.69, 9.17) is 0 Å². The van der Waals surface area contributed by atoms with E-state index in [0.29, 0.717) is 34.6 Å². The lowest BCUT2D eigenvalue weighted by atomic mass is 9.81. The van der Waals surface area contributed by atoms with Crippen LogP contribution in [-0.2, 0) is 32.6 Å². The number of carbonyl (C=O) groups excluding carboxylic acids is 1. The molecular formula is C32H35F7N4O3S. The van der Waals surface area contributed by atoms with Crippen LogP contribution in [0.4, 0.5) is 42.2 Å². The van der Waals surface area contributed by atoms with Crippen LogP contribution in [0.1, 0.15) is 49.9 Å². The first-order valence-corrected chi connectivity index (χ1v) is 16.3. The summed E-state index contributed by atoms with van der Waals surface area (Å²) in [6.07, 6.45) is -7.72. The Labute approximate surface area is 269 Å². The van der Waals surface area contributed by atoms with Gasteiger partial charge in [0.25, 0.3) is 0 Å². The van der Waals surface area contributed by atoms with Crippen molar-refractivity contribution in [2.24, 2.45) is 0 Å². The SMILES string of the molecule is Cc1cc(F)ccc1-c1cc(N2CCN(S(C)(=O)=O)C(C)(C)C2)ncc1N(C)C(=O)C(C)(C)c1cc(C(F)(F)F)cc(C(F)(F)F)c1. The van der Waals surface area contributed by atoms with Crippen molar-refractivity contribution in [3.8, 4) is 11.1 Å². The maximum Gasteiger partial charge on any atom is 0.416 e. The molecule has 1 saturated heterocycles. The minimum Gasteiger partial charge on any atom is -0.353 e. The first-order chi connectivity index (χ1) is 21.3. The van der Waals surface area contributed by atoms with Crippen LogP contribution in [-0.4, -0.2) is 62.1 Å². The maximum absolute atomic E-state index is 14.1. The van der Waals surface area contributed by atoms with E-state index in [0.717, 1.165) is 11.2 Å². The number of anilines is 2. The number of alkyl halides is 6. The van der Waals surface area contributed by atoms with E-state index in [1.54, 1.807) is 26.8 Å². The van der Waals surface area contributed by atoms with E-state index in [9.17, 15) is 43.9 Å². The third-order valence-electron chi connectivity index (χ3n) is 8.41. The van der Waals surface area contributed by atoms with Gasteiger partial charge in [0, 0.05) is 37.8 Å². The van der Waals surface area contributed by atoms with Gasteiger partial charge in [0.15, 0.2) is 0 Å². The van der Waals surface area contributed by atoms with Crippen molar-refractivity contribution in [1.82, 2.24) is 9.29 Å². The predicted molar refractivity (Wildman–Crippen MR) is 165 cm³/mol. The summed E-state index contributed by atoms with van der Waals surface area (Å²) in [5, 5.41) is 0. The lowest BCUT2D eigenvalue weighted by Crippen LogP contribution is -2.61. The molecule has 0 saturated carbocycles. The summed E-state index contributed by atoms with van der Waals surface area (Å²) in [4.78, 5) is 21.5. The molecule has 0 N–H and O–H groups in total. The first-order valence-electron chi connectivity index (χ1n) is 14.4. The average molecular weight is 689 g/mol. The monoisotopic (exact) mass is 688 g/mol. The third kappa shape index (κ3) is 7.40. The molecule has 3 aromatic rings. The second-order valence-corrected chi connectivity index (χ2v) is 14.8. The lowest BCUT2D eigenvalue weighted by Gasteiger charge is -2.46. The van der Waals surface area contributed by atoms with Gasteiger partial charge in [-0.1, -0.05) is 6.07 Å². The molecule has 0 unspecified atom stereocenters. The molecule has 0 spiro atoms. The van der Waals surface area contributed by atoms with E-state index < -0.39 is 61.7 Å². The number of rotatable bonds is 6. The Morgan fingerprint density at radius 2 is 1.45 bits per heavy atom. The van der Waals surface area contributed by atoms with E-state index in [1.165, 1.54) is 49.6 Å². The lowest BCUT2D eigenvalue weighted by molar-refractivity contribution is -0.143. The van der Waals surface area contributed by atoms with E-state index >= 15 is 0 Å². The Bertz CT molecular complexity index is 1770. The molecule has 0 aliphatic carbocycles. The van der Waals surface area contributed by atoms with Crippen LogP contribution in [0.15, 0.2) is 48.7 Å². The summed E-state index contributed by atoms with van der Waals surface area (Å²) in [5.74, 6) is -0.929. The van der Waals surface area contributed by atoms with Crippen LogP contribution >= 0.6 is 0 Å². The predicted octanol–water partition coefficient (Wildman–Crippen LogP) is 7.03. The van der Waals surface area contributed by atoms with Crippen molar-refractivity contribution >= 4 is 27.4 Å². The second-order valence-electron chi connectivity index (χ2n) is 12.9. The normalized spacial score (nSPS) is 16.3. The second kappa shape index (κ2) is 12.1. The quantitative estimate of drug-likeness (QED) is 0.260. The molecule has 15 heteroatoms. The highest BCUT2D eigenvalue weighted by atomic mass is 32.2. The summed E-state index contributed by atoms with van der Waals surface area (Å²) in [6.45, 7) is 8.35. The summed E-state index contributed by atoms with van der Waals surface area (Å²) in [7, 11) is -2.18. The van der Waals surface area contributed by atoms with Crippen LogP contribution in [0.5, 0.6) is 0 Å². The van der Waals surface area contributed by atoms with E-state index in [2.05, 4.69) is 4.98 Å². The Morgan fingerprint density at radius 1 is 0.894 bits per heavy atom. The molecule has 0 bridgehead atoms. The van der Waals surface area contributed by atoms with Crippen LogP contribution in [0.25, 0.3) is 11.1 Å². The summed E-state index contributed by atoms with van der Waals surface area (Å²) in [5.41, 5.74) is -4.73. The van der Waals surface area contributed by atoms with Gasteiger partial charge in [-0.2, -0.15) is 30.6 Å². The number of aryl methyl sites for hydroxylation is 1. The van der Waals surface area contributed by atoms with Crippen molar-refractivity contribution in [1.29, 1.82) is 0 Å². The molecule has 2 heterocycles. The largest absolute Gasteiger partial charge is 0.416 e.